The molecule has 1 N–H and O–H groups in total. The lowest BCUT2D eigenvalue weighted by Crippen LogP contribution is -2.35. The molecule has 2 aromatic heterocycles. The van der Waals surface area contributed by atoms with Crippen molar-refractivity contribution in [3.8, 4) is 0 Å². The summed E-state index contributed by atoms with van der Waals surface area (Å²) in [4.78, 5) is 31.2. The van der Waals surface area contributed by atoms with Crippen molar-refractivity contribution in [2.45, 2.75) is 44.8 Å². The lowest BCUT2D eigenvalue weighted by atomic mass is 9.95. The molecule has 9 heteroatoms. The van der Waals surface area contributed by atoms with Crippen LogP contribution in [0.15, 0.2) is 10.9 Å². The van der Waals surface area contributed by atoms with Crippen molar-refractivity contribution in [1.29, 1.82) is 0 Å². The number of hydrogen-bond donors (Lipinski definition) is 1. The molecule has 2 saturated heterocycles. The van der Waals surface area contributed by atoms with Gasteiger partial charge in [0, 0.05) is 25.6 Å². The molecule has 1 atom stereocenters. The van der Waals surface area contributed by atoms with Gasteiger partial charge in [0.2, 0.25) is 4.96 Å². The van der Waals surface area contributed by atoms with Gasteiger partial charge in [-0.25, -0.2) is 9.78 Å². The number of likely N-dealkylation sites (tertiary alicyclic amines) is 1. The van der Waals surface area contributed by atoms with Gasteiger partial charge in [0.15, 0.2) is 0 Å². The summed E-state index contributed by atoms with van der Waals surface area (Å²) >= 11 is 1.46. The number of amides is 1. The molecule has 134 valence electrons. The van der Waals surface area contributed by atoms with Gasteiger partial charge >= 0.3 is 6.09 Å². The van der Waals surface area contributed by atoms with E-state index in [1.807, 2.05) is 6.92 Å². The molecular formula is C16H21N5O3S. The molecule has 0 radical (unpaired) electrons. The van der Waals surface area contributed by atoms with Crippen LogP contribution in [0.3, 0.4) is 0 Å². The third kappa shape index (κ3) is 3.25. The van der Waals surface area contributed by atoms with Crippen LogP contribution in [0.5, 0.6) is 0 Å². The Hall–Kier alpha value is -2.00. The second-order valence-corrected chi connectivity index (χ2v) is 7.73. The predicted molar refractivity (Wildman–Crippen MR) is 92.9 cm³/mol. The Balaban J connectivity index is 1.49. The number of alkyl carbamates (subject to hydrolysis) is 1. The second kappa shape index (κ2) is 6.38. The van der Waals surface area contributed by atoms with Crippen LogP contribution >= 0.6 is 11.3 Å². The summed E-state index contributed by atoms with van der Waals surface area (Å²) in [5, 5.41) is 7.96. The van der Waals surface area contributed by atoms with E-state index in [9.17, 15) is 9.59 Å². The first-order valence-corrected chi connectivity index (χ1v) is 9.46. The average Bonchev–Trinajstić information content (AvgIpc) is 3.10. The Morgan fingerprint density at radius 1 is 1.36 bits per heavy atom. The number of aromatic nitrogens is 3. The third-order valence-electron chi connectivity index (χ3n) is 4.88. The van der Waals surface area contributed by atoms with E-state index in [1.54, 1.807) is 6.07 Å². The summed E-state index contributed by atoms with van der Waals surface area (Å²) in [7, 11) is 0. The molecule has 0 bridgehead atoms. The van der Waals surface area contributed by atoms with Gasteiger partial charge < -0.3 is 10.1 Å². The molecule has 8 nitrogen and oxygen atoms in total. The van der Waals surface area contributed by atoms with Crippen molar-refractivity contribution >= 4 is 22.4 Å². The van der Waals surface area contributed by atoms with Crippen LogP contribution in [0.1, 0.15) is 36.9 Å². The Morgan fingerprint density at radius 3 is 3.00 bits per heavy atom. The fourth-order valence-corrected chi connectivity index (χ4v) is 4.37. The molecule has 1 spiro atoms. The predicted octanol–water partition coefficient (Wildman–Crippen LogP) is 1.18. The number of aryl methyl sites for hydroxylation is 1. The van der Waals surface area contributed by atoms with Crippen LogP contribution in [0, 0.1) is 0 Å². The second-order valence-electron chi connectivity index (χ2n) is 6.69. The van der Waals surface area contributed by atoms with Crippen molar-refractivity contribution in [2.75, 3.05) is 19.6 Å². The normalized spacial score (nSPS) is 24.4. The van der Waals surface area contributed by atoms with E-state index < -0.39 is 0 Å². The fourth-order valence-electron chi connectivity index (χ4n) is 3.51. The van der Waals surface area contributed by atoms with Gasteiger partial charge in [-0.3, -0.25) is 9.69 Å². The average molecular weight is 363 g/mol. The number of ether oxygens (including phenoxy) is 1. The van der Waals surface area contributed by atoms with Crippen molar-refractivity contribution in [1.82, 2.24) is 24.8 Å². The van der Waals surface area contributed by atoms with Crippen molar-refractivity contribution in [3.05, 3.63) is 27.1 Å². The molecule has 2 aliphatic heterocycles. The van der Waals surface area contributed by atoms with Crippen molar-refractivity contribution < 1.29 is 9.53 Å². The zero-order chi connectivity index (χ0) is 17.4. The summed E-state index contributed by atoms with van der Waals surface area (Å²) in [6, 6.07) is 1.57. The zero-order valence-electron chi connectivity index (χ0n) is 14.2. The van der Waals surface area contributed by atoms with E-state index in [1.165, 1.54) is 15.9 Å². The Morgan fingerprint density at radius 2 is 2.24 bits per heavy atom. The van der Waals surface area contributed by atoms with Crippen LogP contribution in [-0.4, -0.2) is 50.8 Å². The van der Waals surface area contributed by atoms with E-state index in [2.05, 4.69) is 20.3 Å². The highest BCUT2D eigenvalue weighted by atomic mass is 32.1. The number of nitrogens with one attached hydrogen (secondary N) is 1. The molecule has 0 aromatic carbocycles. The van der Waals surface area contributed by atoms with Crippen LogP contribution < -0.4 is 10.9 Å². The number of carbonyl (C=O) groups is 1. The molecule has 4 heterocycles. The Bertz CT molecular complexity index is 863. The number of hydrogen-bond acceptors (Lipinski definition) is 7. The quantitative estimate of drug-likeness (QED) is 0.881. The Labute approximate surface area is 148 Å². The minimum absolute atomic E-state index is 0.129. The summed E-state index contributed by atoms with van der Waals surface area (Å²) in [5.74, 6) is 0. The molecule has 0 saturated carbocycles. The van der Waals surface area contributed by atoms with Crippen LogP contribution in [-0.2, 0) is 17.7 Å². The molecule has 2 aromatic rings. The topological polar surface area (TPSA) is 88.8 Å². The smallest absolute Gasteiger partial charge is 0.407 e. The third-order valence-corrected chi connectivity index (χ3v) is 5.94. The highest BCUT2D eigenvalue weighted by Gasteiger charge is 2.41. The fraction of sp³-hybridized carbons (Fsp3) is 0.625. The first-order chi connectivity index (χ1) is 12.1. The first kappa shape index (κ1) is 16.5. The van der Waals surface area contributed by atoms with Crippen molar-refractivity contribution in [2.24, 2.45) is 0 Å². The number of fused-ring (bicyclic) bond motifs is 1. The molecule has 4 rings (SSSR count). The molecular weight excluding hydrogens is 342 g/mol. The standard InChI is InChI=1S/C16H21N5O3S/c1-2-12-19-21-13(22)8-11(18-14(21)25-12)9-20-6-3-4-16(5-7-20)10-17-15(23)24-16/h8H,2-7,9-10H2,1H3,(H,17,23)/t16-/m0/s1. The minimum Gasteiger partial charge on any atom is -0.441 e. The summed E-state index contributed by atoms with van der Waals surface area (Å²) in [6.07, 6.45) is 3.10. The van der Waals surface area contributed by atoms with Crippen LogP contribution in [0.25, 0.3) is 4.96 Å². The number of rotatable bonds is 3. The maximum atomic E-state index is 12.3. The highest BCUT2D eigenvalue weighted by Crippen LogP contribution is 2.29. The van der Waals surface area contributed by atoms with Gasteiger partial charge in [0.25, 0.3) is 5.56 Å². The maximum Gasteiger partial charge on any atom is 0.407 e. The number of carbonyl (C=O) groups excluding carboxylic acids is 1. The van der Waals surface area contributed by atoms with Crippen molar-refractivity contribution in [3.63, 3.8) is 0 Å². The zero-order valence-corrected chi connectivity index (χ0v) is 15.0. The van der Waals surface area contributed by atoms with Crippen LogP contribution in [0.4, 0.5) is 4.79 Å². The summed E-state index contributed by atoms with van der Waals surface area (Å²) in [6.45, 7) is 4.96. The van der Waals surface area contributed by atoms with Crippen LogP contribution in [0.2, 0.25) is 0 Å². The van der Waals surface area contributed by atoms with E-state index in [0.717, 1.165) is 49.5 Å². The molecule has 1 amide bonds. The van der Waals surface area contributed by atoms with Gasteiger partial charge in [0.1, 0.15) is 10.6 Å². The molecule has 2 aliphatic rings. The highest BCUT2D eigenvalue weighted by molar-refractivity contribution is 7.16. The largest absolute Gasteiger partial charge is 0.441 e. The molecule has 25 heavy (non-hydrogen) atoms. The summed E-state index contributed by atoms with van der Waals surface area (Å²) < 4.78 is 6.89. The lowest BCUT2D eigenvalue weighted by molar-refractivity contribution is 0.0442. The van der Waals surface area contributed by atoms with Gasteiger partial charge in [-0.1, -0.05) is 18.3 Å². The SMILES string of the molecule is CCc1nn2c(=O)cc(CN3CCC[C@]4(CC3)CNC(=O)O4)nc2s1. The van der Waals surface area contributed by atoms with Gasteiger partial charge in [-0.05, 0) is 25.8 Å². The minimum atomic E-state index is -0.365. The van der Waals surface area contributed by atoms with Gasteiger partial charge in [-0.2, -0.15) is 9.61 Å². The molecule has 0 unspecified atom stereocenters. The lowest BCUT2D eigenvalue weighted by Gasteiger charge is -2.24. The number of nitrogens with zero attached hydrogens (tertiary/aromatic N) is 4. The molecule has 0 aliphatic carbocycles. The van der Waals surface area contributed by atoms with Gasteiger partial charge in [-0.15, -0.1) is 0 Å². The van der Waals surface area contributed by atoms with E-state index in [4.69, 9.17) is 4.74 Å². The van der Waals surface area contributed by atoms with E-state index in [-0.39, 0.29) is 17.3 Å². The van der Waals surface area contributed by atoms with E-state index in [0.29, 0.717) is 18.1 Å². The van der Waals surface area contributed by atoms with E-state index >= 15 is 0 Å². The molecule has 2 fully saturated rings. The van der Waals surface area contributed by atoms with Gasteiger partial charge in [0.05, 0.1) is 12.2 Å². The first-order valence-electron chi connectivity index (χ1n) is 8.65. The maximum absolute atomic E-state index is 12.3. The monoisotopic (exact) mass is 363 g/mol. The summed E-state index contributed by atoms with van der Waals surface area (Å²) in [5.41, 5.74) is 0.279. The Kier molecular flexibility index (Phi) is 4.20.